The summed E-state index contributed by atoms with van der Waals surface area (Å²) in [5, 5.41) is 0. The lowest BCUT2D eigenvalue weighted by Gasteiger charge is -2.14. The SMILES string of the molecule is CCCCCCCCCC(CC)NS(=O)(=O)O. The summed E-state index contributed by atoms with van der Waals surface area (Å²) < 4.78 is 32.2. The van der Waals surface area contributed by atoms with Crippen LogP contribution in [0.5, 0.6) is 0 Å². The van der Waals surface area contributed by atoms with E-state index in [1.54, 1.807) is 0 Å². The van der Waals surface area contributed by atoms with Crippen LogP contribution in [-0.4, -0.2) is 19.0 Å². The molecule has 0 aromatic carbocycles. The quantitative estimate of drug-likeness (QED) is 0.445. The molecule has 0 aromatic heterocycles. The first-order valence-corrected chi connectivity index (χ1v) is 8.18. The van der Waals surface area contributed by atoms with Crippen molar-refractivity contribution >= 4 is 10.3 Å². The van der Waals surface area contributed by atoms with Crippen molar-refractivity contribution in [1.82, 2.24) is 4.72 Å². The maximum absolute atomic E-state index is 10.7. The molecule has 104 valence electrons. The first kappa shape index (κ1) is 16.9. The van der Waals surface area contributed by atoms with Crippen molar-refractivity contribution in [1.29, 1.82) is 0 Å². The van der Waals surface area contributed by atoms with E-state index in [0.29, 0.717) is 0 Å². The largest absolute Gasteiger partial charge is 0.333 e. The van der Waals surface area contributed by atoms with E-state index < -0.39 is 10.3 Å². The molecule has 0 aliphatic carbocycles. The Kier molecular flexibility index (Phi) is 9.78. The minimum absolute atomic E-state index is 0.124. The van der Waals surface area contributed by atoms with Crippen LogP contribution in [0.2, 0.25) is 0 Å². The predicted molar refractivity (Wildman–Crippen MR) is 71.4 cm³/mol. The predicted octanol–water partition coefficient (Wildman–Crippen LogP) is 3.30. The highest BCUT2D eigenvalue weighted by atomic mass is 32.2. The molecule has 0 rings (SSSR count). The standard InChI is InChI=1S/C12H27NO3S/c1-3-5-6-7-8-9-10-11-12(4-2)13-17(14,15)16/h12-13H,3-11H2,1-2H3,(H,14,15,16). The highest BCUT2D eigenvalue weighted by molar-refractivity contribution is 7.83. The van der Waals surface area contributed by atoms with Gasteiger partial charge in [0.25, 0.3) is 0 Å². The molecular weight excluding hydrogens is 238 g/mol. The van der Waals surface area contributed by atoms with Gasteiger partial charge in [0.15, 0.2) is 0 Å². The lowest BCUT2D eigenvalue weighted by atomic mass is 10.0. The van der Waals surface area contributed by atoms with E-state index in [1.165, 1.54) is 32.1 Å². The van der Waals surface area contributed by atoms with Crippen LogP contribution in [0.25, 0.3) is 0 Å². The van der Waals surface area contributed by atoms with Gasteiger partial charge >= 0.3 is 10.3 Å². The maximum atomic E-state index is 10.7. The summed E-state index contributed by atoms with van der Waals surface area (Å²) >= 11 is 0. The molecule has 0 fully saturated rings. The number of hydrogen-bond acceptors (Lipinski definition) is 2. The van der Waals surface area contributed by atoms with Gasteiger partial charge in [0.2, 0.25) is 0 Å². The third-order valence-corrected chi connectivity index (χ3v) is 3.60. The molecule has 0 heterocycles. The molecular formula is C12H27NO3S. The zero-order valence-electron chi connectivity index (χ0n) is 11.1. The molecule has 0 spiro atoms. The van der Waals surface area contributed by atoms with Crippen molar-refractivity contribution in [3.63, 3.8) is 0 Å². The molecule has 17 heavy (non-hydrogen) atoms. The number of rotatable bonds is 11. The lowest BCUT2D eigenvalue weighted by Crippen LogP contribution is -2.33. The van der Waals surface area contributed by atoms with Gasteiger partial charge in [-0.1, -0.05) is 58.8 Å². The second-order valence-corrected chi connectivity index (χ2v) is 5.79. The van der Waals surface area contributed by atoms with Crippen molar-refractivity contribution in [2.45, 2.75) is 77.7 Å². The number of hydrogen-bond donors (Lipinski definition) is 2. The molecule has 1 unspecified atom stereocenters. The Bertz CT molecular complexity index is 265. The van der Waals surface area contributed by atoms with Crippen LogP contribution in [0, 0.1) is 0 Å². The molecule has 0 aromatic rings. The van der Waals surface area contributed by atoms with E-state index in [0.717, 1.165) is 25.7 Å². The van der Waals surface area contributed by atoms with E-state index in [2.05, 4.69) is 11.6 Å². The van der Waals surface area contributed by atoms with E-state index >= 15 is 0 Å². The topological polar surface area (TPSA) is 66.4 Å². The van der Waals surface area contributed by atoms with Crippen LogP contribution in [-0.2, 0) is 10.3 Å². The average molecular weight is 265 g/mol. The summed E-state index contributed by atoms with van der Waals surface area (Å²) in [5.74, 6) is 0. The van der Waals surface area contributed by atoms with E-state index in [4.69, 9.17) is 4.55 Å². The second-order valence-electron chi connectivity index (χ2n) is 4.61. The van der Waals surface area contributed by atoms with Crippen molar-refractivity contribution in [2.75, 3.05) is 0 Å². The minimum Gasteiger partial charge on any atom is -0.273 e. The summed E-state index contributed by atoms with van der Waals surface area (Å²) in [5.41, 5.74) is 0. The Morgan fingerprint density at radius 1 is 1.00 bits per heavy atom. The fourth-order valence-corrected chi connectivity index (χ4v) is 2.61. The fraction of sp³-hybridized carbons (Fsp3) is 1.00. The fourth-order valence-electron chi connectivity index (χ4n) is 1.90. The van der Waals surface area contributed by atoms with Crippen LogP contribution < -0.4 is 4.72 Å². The molecule has 0 bridgehead atoms. The van der Waals surface area contributed by atoms with Crippen LogP contribution in [0.1, 0.15) is 71.6 Å². The van der Waals surface area contributed by atoms with E-state index in [9.17, 15) is 8.42 Å². The molecule has 0 radical (unpaired) electrons. The van der Waals surface area contributed by atoms with Gasteiger partial charge < -0.3 is 0 Å². The van der Waals surface area contributed by atoms with Crippen molar-refractivity contribution in [3.8, 4) is 0 Å². The molecule has 5 heteroatoms. The first-order valence-electron chi connectivity index (χ1n) is 6.74. The summed E-state index contributed by atoms with van der Waals surface area (Å²) in [7, 11) is -4.04. The molecule has 0 saturated carbocycles. The minimum atomic E-state index is -4.04. The number of nitrogens with one attached hydrogen (secondary N) is 1. The van der Waals surface area contributed by atoms with Crippen molar-refractivity contribution in [3.05, 3.63) is 0 Å². The summed E-state index contributed by atoms with van der Waals surface area (Å²) in [6.45, 7) is 4.12. The molecule has 2 N–H and O–H groups in total. The van der Waals surface area contributed by atoms with Gasteiger partial charge in [-0.3, -0.25) is 4.55 Å². The third-order valence-electron chi connectivity index (χ3n) is 2.96. The van der Waals surface area contributed by atoms with Gasteiger partial charge in [0.05, 0.1) is 0 Å². The van der Waals surface area contributed by atoms with Gasteiger partial charge in [0.1, 0.15) is 0 Å². The third kappa shape index (κ3) is 12.1. The van der Waals surface area contributed by atoms with Crippen LogP contribution in [0.4, 0.5) is 0 Å². The molecule has 0 saturated heterocycles. The maximum Gasteiger partial charge on any atom is 0.333 e. The Morgan fingerprint density at radius 3 is 2.00 bits per heavy atom. The summed E-state index contributed by atoms with van der Waals surface area (Å²) in [4.78, 5) is 0. The Balaban J connectivity index is 3.50. The van der Waals surface area contributed by atoms with Crippen LogP contribution in [0.3, 0.4) is 0 Å². The Labute approximate surface area is 106 Å². The molecule has 0 aliphatic rings. The molecule has 0 amide bonds. The van der Waals surface area contributed by atoms with E-state index in [1.807, 2.05) is 6.92 Å². The zero-order chi connectivity index (χ0) is 13.1. The van der Waals surface area contributed by atoms with Crippen molar-refractivity contribution in [2.24, 2.45) is 0 Å². The van der Waals surface area contributed by atoms with Crippen LogP contribution >= 0.6 is 0 Å². The molecule has 1 atom stereocenters. The van der Waals surface area contributed by atoms with Gasteiger partial charge in [-0.2, -0.15) is 13.1 Å². The normalized spacial score (nSPS) is 13.8. The lowest BCUT2D eigenvalue weighted by molar-refractivity contribution is 0.431. The second kappa shape index (κ2) is 9.85. The van der Waals surface area contributed by atoms with E-state index in [-0.39, 0.29) is 6.04 Å². The van der Waals surface area contributed by atoms with Gasteiger partial charge in [0, 0.05) is 6.04 Å². The highest BCUT2D eigenvalue weighted by Crippen LogP contribution is 2.11. The van der Waals surface area contributed by atoms with Gasteiger partial charge in [-0.15, -0.1) is 0 Å². The Hall–Kier alpha value is -0.130. The van der Waals surface area contributed by atoms with Gasteiger partial charge in [-0.05, 0) is 12.8 Å². The molecule has 4 nitrogen and oxygen atoms in total. The first-order chi connectivity index (χ1) is 7.99. The van der Waals surface area contributed by atoms with Crippen molar-refractivity contribution < 1.29 is 13.0 Å². The number of unbranched alkanes of at least 4 members (excludes halogenated alkanes) is 6. The van der Waals surface area contributed by atoms with Gasteiger partial charge in [-0.25, -0.2) is 0 Å². The smallest absolute Gasteiger partial charge is 0.273 e. The van der Waals surface area contributed by atoms with Crippen LogP contribution in [0.15, 0.2) is 0 Å². The monoisotopic (exact) mass is 265 g/mol. The zero-order valence-corrected chi connectivity index (χ0v) is 11.9. The summed E-state index contributed by atoms with van der Waals surface area (Å²) in [6, 6.07) is -0.124. The molecule has 0 aliphatic heterocycles. The summed E-state index contributed by atoms with van der Waals surface area (Å²) in [6.07, 6.45) is 10.1. The average Bonchev–Trinajstić information content (AvgIpc) is 2.24. The highest BCUT2D eigenvalue weighted by Gasteiger charge is 2.12. The Morgan fingerprint density at radius 2 is 1.53 bits per heavy atom.